The maximum atomic E-state index is 9.11. The van der Waals surface area contributed by atoms with Gasteiger partial charge in [0.25, 0.3) is 0 Å². The first-order chi connectivity index (χ1) is 7.86. The molecule has 2 N–H and O–H groups in total. The van der Waals surface area contributed by atoms with Gasteiger partial charge in [-0.2, -0.15) is 5.10 Å². The van der Waals surface area contributed by atoms with Crippen molar-refractivity contribution in [3.63, 3.8) is 0 Å². The Bertz CT molecular complexity index is 330. The number of aryl methyl sites for hydroxylation is 1. The predicted octanol–water partition coefficient (Wildman–Crippen LogP) is 1.40. The fourth-order valence-electron chi connectivity index (χ4n) is 2.41. The third-order valence-electron chi connectivity index (χ3n) is 3.31. The van der Waals surface area contributed by atoms with Crippen LogP contribution in [-0.2, 0) is 17.6 Å². The largest absolute Gasteiger partial charge is 0.396 e. The van der Waals surface area contributed by atoms with Gasteiger partial charge in [-0.25, -0.2) is 0 Å². The van der Waals surface area contributed by atoms with Crippen molar-refractivity contribution in [3.8, 4) is 0 Å². The molecule has 4 heteroatoms. The molecule has 0 amide bonds. The quantitative estimate of drug-likeness (QED) is 0.812. The number of nitrogens with zero attached hydrogens (tertiary/aromatic N) is 1. The van der Waals surface area contributed by atoms with Crippen LogP contribution in [0.1, 0.15) is 42.6 Å². The molecule has 4 nitrogen and oxygen atoms in total. The van der Waals surface area contributed by atoms with Crippen LogP contribution >= 0.6 is 0 Å². The zero-order valence-electron chi connectivity index (χ0n) is 9.83. The molecule has 0 atom stereocenters. The highest BCUT2D eigenvalue weighted by molar-refractivity contribution is 5.29. The molecular formula is C12H20N2O2. The van der Waals surface area contributed by atoms with Gasteiger partial charge in [0.1, 0.15) is 0 Å². The molecule has 90 valence electrons. The molecule has 1 aromatic rings. The van der Waals surface area contributed by atoms with E-state index >= 15 is 0 Å². The Labute approximate surface area is 96.0 Å². The highest BCUT2D eigenvalue weighted by Crippen LogP contribution is 2.29. The van der Waals surface area contributed by atoms with E-state index in [9.17, 15) is 0 Å². The first kappa shape index (κ1) is 11.6. The third-order valence-corrected chi connectivity index (χ3v) is 3.31. The maximum Gasteiger partial charge on any atom is 0.0690 e. The minimum atomic E-state index is 0.197. The second-order valence-corrected chi connectivity index (χ2v) is 4.28. The van der Waals surface area contributed by atoms with Crippen LogP contribution in [0.4, 0.5) is 0 Å². The van der Waals surface area contributed by atoms with E-state index in [2.05, 4.69) is 17.1 Å². The number of hydrogen-bond acceptors (Lipinski definition) is 3. The van der Waals surface area contributed by atoms with Crippen molar-refractivity contribution < 1.29 is 9.84 Å². The van der Waals surface area contributed by atoms with Gasteiger partial charge in [0.2, 0.25) is 0 Å². The van der Waals surface area contributed by atoms with Gasteiger partial charge < -0.3 is 9.84 Å². The maximum absolute atomic E-state index is 9.11. The van der Waals surface area contributed by atoms with Crippen LogP contribution in [0.3, 0.4) is 0 Å². The zero-order chi connectivity index (χ0) is 11.4. The Morgan fingerprint density at radius 2 is 2.19 bits per heavy atom. The Balaban J connectivity index is 2.20. The molecule has 1 fully saturated rings. The van der Waals surface area contributed by atoms with E-state index in [1.54, 1.807) is 0 Å². The van der Waals surface area contributed by atoms with Crippen molar-refractivity contribution in [1.29, 1.82) is 0 Å². The summed E-state index contributed by atoms with van der Waals surface area (Å²) in [6, 6.07) is 0. The van der Waals surface area contributed by atoms with Crippen molar-refractivity contribution in [1.82, 2.24) is 10.2 Å². The van der Waals surface area contributed by atoms with Crippen molar-refractivity contribution >= 4 is 0 Å². The van der Waals surface area contributed by atoms with E-state index in [4.69, 9.17) is 9.84 Å². The second-order valence-electron chi connectivity index (χ2n) is 4.28. The summed E-state index contributed by atoms with van der Waals surface area (Å²) in [6.45, 7) is 3.97. The molecule has 1 aliphatic rings. The highest BCUT2D eigenvalue weighted by atomic mass is 16.5. The lowest BCUT2D eigenvalue weighted by Crippen LogP contribution is -2.16. The fourth-order valence-corrected chi connectivity index (χ4v) is 2.41. The second kappa shape index (κ2) is 5.46. The zero-order valence-corrected chi connectivity index (χ0v) is 9.83. The molecule has 1 saturated heterocycles. The van der Waals surface area contributed by atoms with E-state index in [1.807, 2.05) is 0 Å². The minimum Gasteiger partial charge on any atom is -0.396 e. The van der Waals surface area contributed by atoms with Crippen LogP contribution in [0.15, 0.2) is 0 Å². The Hall–Kier alpha value is -0.870. The molecule has 0 aromatic carbocycles. The molecule has 1 aliphatic heterocycles. The monoisotopic (exact) mass is 224 g/mol. The van der Waals surface area contributed by atoms with Gasteiger partial charge >= 0.3 is 0 Å². The highest BCUT2D eigenvalue weighted by Gasteiger charge is 2.22. The molecule has 0 bridgehead atoms. The van der Waals surface area contributed by atoms with E-state index in [0.29, 0.717) is 12.3 Å². The van der Waals surface area contributed by atoms with E-state index in [1.165, 1.54) is 11.3 Å². The summed E-state index contributed by atoms with van der Waals surface area (Å²) in [5.41, 5.74) is 3.57. The van der Waals surface area contributed by atoms with Crippen LogP contribution in [-0.4, -0.2) is 35.1 Å². The molecule has 0 aliphatic carbocycles. The molecule has 0 radical (unpaired) electrons. The lowest BCUT2D eigenvalue weighted by atomic mass is 9.92. The fraction of sp³-hybridized carbons (Fsp3) is 0.750. The summed E-state index contributed by atoms with van der Waals surface area (Å²) >= 11 is 0. The normalized spacial score (nSPS) is 17.9. The number of aromatic amines is 1. The van der Waals surface area contributed by atoms with Crippen molar-refractivity contribution in [2.75, 3.05) is 19.8 Å². The molecule has 1 aromatic heterocycles. The van der Waals surface area contributed by atoms with Gasteiger partial charge in [-0.1, -0.05) is 6.92 Å². The van der Waals surface area contributed by atoms with Crippen LogP contribution in [0, 0.1) is 0 Å². The van der Waals surface area contributed by atoms with Crippen LogP contribution < -0.4 is 0 Å². The SMILES string of the molecule is CCc1[nH]nc(C2CCOCC2)c1CCO. The number of nitrogens with one attached hydrogen (secondary N) is 1. The summed E-state index contributed by atoms with van der Waals surface area (Å²) in [5.74, 6) is 0.506. The minimum absolute atomic E-state index is 0.197. The molecule has 16 heavy (non-hydrogen) atoms. The third kappa shape index (κ3) is 2.28. The topological polar surface area (TPSA) is 58.1 Å². The Morgan fingerprint density at radius 1 is 1.44 bits per heavy atom. The van der Waals surface area contributed by atoms with Crippen molar-refractivity contribution in [2.24, 2.45) is 0 Å². The average molecular weight is 224 g/mol. The standard InChI is InChI=1S/C12H20N2O2/c1-2-11-10(3-6-15)12(14-13-11)9-4-7-16-8-5-9/h9,15H,2-8H2,1H3,(H,13,14). The van der Waals surface area contributed by atoms with Gasteiger partial charge in [-0.3, -0.25) is 5.10 Å². The number of aromatic nitrogens is 2. The van der Waals surface area contributed by atoms with Gasteiger partial charge in [-0.05, 0) is 31.2 Å². The van der Waals surface area contributed by atoms with E-state index < -0.39 is 0 Å². The van der Waals surface area contributed by atoms with Crippen molar-refractivity contribution in [2.45, 2.75) is 38.5 Å². The number of hydrogen-bond donors (Lipinski definition) is 2. The molecule has 0 unspecified atom stereocenters. The Kier molecular flexibility index (Phi) is 3.96. The lowest BCUT2D eigenvalue weighted by molar-refractivity contribution is 0.0843. The number of H-pyrrole nitrogens is 1. The summed E-state index contributed by atoms with van der Waals surface area (Å²) in [6.07, 6.45) is 3.76. The number of ether oxygens (including phenoxy) is 1. The lowest BCUT2D eigenvalue weighted by Gasteiger charge is -2.21. The number of aliphatic hydroxyl groups is 1. The average Bonchev–Trinajstić information content (AvgIpc) is 2.74. The molecule has 0 spiro atoms. The Morgan fingerprint density at radius 3 is 2.81 bits per heavy atom. The van der Waals surface area contributed by atoms with E-state index in [-0.39, 0.29) is 6.61 Å². The number of rotatable bonds is 4. The van der Waals surface area contributed by atoms with Gasteiger partial charge in [0.15, 0.2) is 0 Å². The smallest absolute Gasteiger partial charge is 0.0690 e. The summed E-state index contributed by atoms with van der Waals surface area (Å²) in [7, 11) is 0. The van der Waals surface area contributed by atoms with Gasteiger partial charge in [-0.15, -0.1) is 0 Å². The predicted molar refractivity (Wildman–Crippen MR) is 61.5 cm³/mol. The summed E-state index contributed by atoms with van der Waals surface area (Å²) < 4.78 is 5.37. The summed E-state index contributed by atoms with van der Waals surface area (Å²) in [4.78, 5) is 0. The summed E-state index contributed by atoms with van der Waals surface area (Å²) in [5, 5.41) is 16.7. The van der Waals surface area contributed by atoms with Gasteiger partial charge in [0.05, 0.1) is 5.69 Å². The molecule has 2 rings (SSSR count). The van der Waals surface area contributed by atoms with Crippen molar-refractivity contribution in [3.05, 3.63) is 17.0 Å². The molecular weight excluding hydrogens is 204 g/mol. The molecule has 0 saturated carbocycles. The van der Waals surface area contributed by atoms with E-state index in [0.717, 1.165) is 38.2 Å². The van der Waals surface area contributed by atoms with Gasteiger partial charge in [0, 0.05) is 31.4 Å². The number of aliphatic hydroxyl groups excluding tert-OH is 1. The molecule has 2 heterocycles. The van der Waals surface area contributed by atoms with Crippen LogP contribution in [0.5, 0.6) is 0 Å². The first-order valence-corrected chi connectivity index (χ1v) is 6.11. The van der Waals surface area contributed by atoms with Crippen LogP contribution in [0.2, 0.25) is 0 Å². The first-order valence-electron chi connectivity index (χ1n) is 6.11. The van der Waals surface area contributed by atoms with Crippen LogP contribution in [0.25, 0.3) is 0 Å².